The average Bonchev–Trinajstić information content (AvgIpc) is 3.66. The second kappa shape index (κ2) is 11.6. The molecule has 0 bridgehead atoms. The smallest absolute Gasteiger partial charge is 0.292 e. The summed E-state index contributed by atoms with van der Waals surface area (Å²) in [6.45, 7) is 2.60. The number of benzene rings is 2. The number of halogens is 2. The van der Waals surface area contributed by atoms with Crippen LogP contribution in [0.25, 0.3) is 5.82 Å². The Kier molecular flexibility index (Phi) is 7.82. The maximum atomic E-state index is 13.1. The van der Waals surface area contributed by atoms with E-state index in [9.17, 15) is 4.79 Å². The molecule has 3 heterocycles. The fourth-order valence-corrected chi connectivity index (χ4v) is 4.42. The Bertz CT molecular complexity index is 1450. The van der Waals surface area contributed by atoms with Crippen LogP contribution in [0.3, 0.4) is 0 Å². The number of nitrogens with two attached hydrogens (primary N) is 1. The summed E-state index contributed by atoms with van der Waals surface area (Å²) in [5.74, 6) is 0.191. The van der Waals surface area contributed by atoms with Gasteiger partial charge in [0, 0.05) is 22.2 Å². The Morgan fingerprint density at radius 1 is 1.16 bits per heavy atom. The summed E-state index contributed by atoms with van der Waals surface area (Å²) in [6.07, 6.45) is 3.70. The van der Waals surface area contributed by atoms with Gasteiger partial charge in [-0.1, -0.05) is 34.5 Å². The van der Waals surface area contributed by atoms with E-state index in [2.05, 4.69) is 40.7 Å². The zero-order valence-corrected chi connectivity index (χ0v) is 21.6. The van der Waals surface area contributed by atoms with Crippen molar-refractivity contribution in [3.63, 3.8) is 0 Å². The first-order valence-corrected chi connectivity index (χ1v) is 12.5. The molecule has 4 aromatic rings. The average molecular weight is 556 g/mol. The molecule has 3 N–H and O–H groups in total. The van der Waals surface area contributed by atoms with Crippen LogP contribution in [-0.4, -0.2) is 55.4 Å². The van der Waals surface area contributed by atoms with Crippen LogP contribution in [-0.2, 0) is 13.2 Å². The van der Waals surface area contributed by atoms with Crippen molar-refractivity contribution in [2.75, 3.05) is 18.8 Å². The third-order valence-corrected chi connectivity index (χ3v) is 6.48. The molecule has 1 amide bonds. The van der Waals surface area contributed by atoms with Crippen LogP contribution in [0.15, 0.2) is 52.2 Å². The number of aromatic nitrogens is 5. The van der Waals surface area contributed by atoms with Gasteiger partial charge >= 0.3 is 0 Å². The van der Waals surface area contributed by atoms with Gasteiger partial charge in [0.05, 0.1) is 6.21 Å². The number of ether oxygens (including phenoxy) is 1. The highest BCUT2D eigenvalue weighted by molar-refractivity contribution is 6.35. The van der Waals surface area contributed by atoms with E-state index in [1.165, 1.54) is 10.9 Å². The third kappa shape index (κ3) is 5.93. The first-order valence-electron chi connectivity index (χ1n) is 11.7. The lowest BCUT2D eigenvalue weighted by atomic mass is 10.2. The molecule has 0 saturated carbocycles. The SMILES string of the molecule is Nc1nonc1-n1nnc(CN2CCCC2)c1C(=O)N/N=C\c1ccc(OCc2ccc(Cl)cc2Cl)cc1. The molecule has 5 rings (SSSR count). The molecule has 1 fully saturated rings. The number of hydrogen-bond donors (Lipinski definition) is 2. The van der Waals surface area contributed by atoms with Gasteiger partial charge in [0.1, 0.15) is 18.1 Å². The Labute approximate surface area is 227 Å². The monoisotopic (exact) mass is 555 g/mol. The Hall–Kier alpha value is -4.00. The zero-order valence-electron chi connectivity index (χ0n) is 20.0. The number of carbonyl (C=O) groups excluding carboxylic acids is 1. The van der Waals surface area contributed by atoms with Gasteiger partial charge in [0.2, 0.25) is 11.6 Å². The van der Waals surface area contributed by atoms with Crippen molar-refractivity contribution in [1.82, 2.24) is 35.6 Å². The van der Waals surface area contributed by atoms with Gasteiger partial charge in [0.25, 0.3) is 5.91 Å². The maximum Gasteiger partial charge on any atom is 0.292 e. The number of nitrogens with zero attached hydrogens (tertiary/aromatic N) is 7. The quantitative estimate of drug-likeness (QED) is 0.233. The van der Waals surface area contributed by atoms with Gasteiger partial charge in [-0.15, -0.1) is 5.10 Å². The Morgan fingerprint density at radius 2 is 1.95 bits per heavy atom. The fraction of sp³-hybridized carbons (Fsp3) is 0.250. The molecular weight excluding hydrogens is 533 g/mol. The first kappa shape index (κ1) is 25.6. The number of nitrogens with one attached hydrogen (secondary N) is 1. The van der Waals surface area contributed by atoms with Crippen molar-refractivity contribution in [3.05, 3.63) is 75.0 Å². The normalized spacial score (nSPS) is 13.8. The number of rotatable bonds is 9. The van der Waals surface area contributed by atoms with Crippen LogP contribution in [0.5, 0.6) is 5.75 Å². The molecule has 38 heavy (non-hydrogen) atoms. The maximum absolute atomic E-state index is 13.1. The van der Waals surface area contributed by atoms with E-state index in [4.69, 9.17) is 33.7 Å². The Morgan fingerprint density at radius 3 is 2.66 bits per heavy atom. The van der Waals surface area contributed by atoms with E-state index in [0.29, 0.717) is 34.6 Å². The van der Waals surface area contributed by atoms with E-state index in [1.54, 1.807) is 36.4 Å². The van der Waals surface area contributed by atoms with Gasteiger partial charge in [-0.2, -0.15) is 9.78 Å². The van der Waals surface area contributed by atoms with Crippen molar-refractivity contribution in [2.24, 2.45) is 5.10 Å². The minimum absolute atomic E-state index is 0.0131. The van der Waals surface area contributed by atoms with Gasteiger partial charge in [-0.25, -0.2) is 10.1 Å². The summed E-state index contributed by atoms with van der Waals surface area (Å²) in [6, 6.07) is 12.4. The Balaban J connectivity index is 1.24. The predicted octanol–water partition coefficient (Wildman–Crippen LogP) is 3.48. The molecule has 2 aromatic carbocycles. The standard InChI is InChI=1S/C24H23Cl2N9O3/c25-17-6-5-16(19(26)11-17)14-37-18-7-3-15(4-8-18)12-28-30-24(36)21-20(13-34-9-1-2-10-34)29-33-35(21)23-22(27)31-38-32-23/h3-8,11-12H,1-2,9-10,13-14H2,(H2,27,31)(H,30,36)/b28-12-. The van der Waals surface area contributed by atoms with Gasteiger partial charge in [-0.3, -0.25) is 9.69 Å². The highest BCUT2D eigenvalue weighted by atomic mass is 35.5. The van der Waals surface area contributed by atoms with Crippen molar-refractivity contribution >= 4 is 41.1 Å². The minimum atomic E-state index is -0.525. The van der Waals surface area contributed by atoms with E-state index < -0.39 is 5.91 Å². The third-order valence-electron chi connectivity index (χ3n) is 5.89. The first-order chi connectivity index (χ1) is 18.5. The number of hydrogen-bond acceptors (Lipinski definition) is 10. The van der Waals surface area contributed by atoms with Crippen molar-refractivity contribution in [3.8, 4) is 11.6 Å². The van der Waals surface area contributed by atoms with Crippen LogP contribution in [0.1, 0.15) is 40.2 Å². The minimum Gasteiger partial charge on any atom is -0.489 e. The van der Waals surface area contributed by atoms with E-state index in [1.807, 2.05) is 6.07 Å². The summed E-state index contributed by atoms with van der Waals surface area (Å²) < 4.78 is 11.7. The number of anilines is 1. The number of likely N-dealkylation sites (tertiary alicyclic amines) is 1. The molecule has 0 radical (unpaired) electrons. The molecule has 14 heteroatoms. The molecule has 2 aromatic heterocycles. The predicted molar refractivity (Wildman–Crippen MR) is 140 cm³/mol. The second-order valence-corrected chi connectivity index (χ2v) is 9.39. The lowest BCUT2D eigenvalue weighted by Gasteiger charge is -2.13. The summed E-state index contributed by atoms with van der Waals surface area (Å²) in [4.78, 5) is 15.3. The molecule has 12 nitrogen and oxygen atoms in total. The number of nitrogen functional groups attached to an aromatic ring is 1. The lowest BCUT2D eigenvalue weighted by molar-refractivity contribution is 0.0945. The molecule has 0 aliphatic carbocycles. The van der Waals surface area contributed by atoms with Crippen molar-refractivity contribution in [1.29, 1.82) is 0 Å². The van der Waals surface area contributed by atoms with E-state index in [-0.39, 0.29) is 17.3 Å². The molecule has 1 saturated heterocycles. The number of amides is 1. The highest BCUT2D eigenvalue weighted by Crippen LogP contribution is 2.23. The highest BCUT2D eigenvalue weighted by Gasteiger charge is 2.26. The van der Waals surface area contributed by atoms with Crippen LogP contribution in [0.2, 0.25) is 10.0 Å². The summed E-state index contributed by atoms with van der Waals surface area (Å²) in [5, 5.41) is 20.8. The fourth-order valence-electron chi connectivity index (χ4n) is 3.95. The van der Waals surface area contributed by atoms with Gasteiger partial charge < -0.3 is 10.5 Å². The summed E-state index contributed by atoms with van der Waals surface area (Å²) >= 11 is 12.1. The molecule has 0 unspecified atom stereocenters. The van der Waals surface area contributed by atoms with Crippen molar-refractivity contribution < 1.29 is 14.2 Å². The zero-order chi connectivity index (χ0) is 26.5. The summed E-state index contributed by atoms with van der Waals surface area (Å²) in [7, 11) is 0. The van der Waals surface area contributed by atoms with E-state index >= 15 is 0 Å². The molecule has 196 valence electrons. The molecule has 0 atom stereocenters. The molecule has 1 aliphatic heterocycles. The topological polar surface area (TPSA) is 150 Å². The van der Waals surface area contributed by atoms with Crippen molar-refractivity contribution in [2.45, 2.75) is 26.0 Å². The van der Waals surface area contributed by atoms with Crippen LogP contribution >= 0.6 is 23.2 Å². The van der Waals surface area contributed by atoms with Crippen LogP contribution < -0.4 is 15.9 Å². The molecule has 0 spiro atoms. The van der Waals surface area contributed by atoms with E-state index in [0.717, 1.165) is 37.1 Å². The summed E-state index contributed by atoms with van der Waals surface area (Å²) in [5.41, 5.74) is 10.5. The molecular formula is C24H23Cl2N9O3. The molecule has 1 aliphatic rings. The number of carbonyl (C=O) groups is 1. The van der Waals surface area contributed by atoms with Gasteiger partial charge in [-0.05, 0) is 78.2 Å². The van der Waals surface area contributed by atoms with Crippen LogP contribution in [0.4, 0.5) is 5.82 Å². The second-order valence-electron chi connectivity index (χ2n) is 8.55. The van der Waals surface area contributed by atoms with Crippen LogP contribution in [0, 0.1) is 0 Å². The van der Waals surface area contributed by atoms with Gasteiger partial charge in [0.15, 0.2) is 5.69 Å². The largest absolute Gasteiger partial charge is 0.489 e. The number of hydrazone groups is 1. The lowest BCUT2D eigenvalue weighted by Crippen LogP contribution is -2.26.